The van der Waals surface area contributed by atoms with Crippen LogP contribution in [0.2, 0.25) is 0 Å². The predicted molar refractivity (Wildman–Crippen MR) is 124 cm³/mol. The van der Waals surface area contributed by atoms with Crippen LogP contribution >= 0.6 is 11.3 Å². The minimum atomic E-state index is -0.784. The first-order chi connectivity index (χ1) is 16.2. The molecule has 1 unspecified atom stereocenters. The Balaban J connectivity index is 1.20. The summed E-state index contributed by atoms with van der Waals surface area (Å²) >= 11 is 1.40. The van der Waals surface area contributed by atoms with Crippen molar-refractivity contribution in [2.75, 3.05) is 36.0 Å². The molecule has 8 nitrogen and oxygen atoms in total. The van der Waals surface area contributed by atoms with E-state index in [-0.39, 0.29) is 12.1 Å². The summed E-state index contributed by atoms with van der Waals surface area (Å²) in [6.45, 7) is 2.40. The van der Waals surface area contributed by atoms with Crippen molar-refractivity contribution < 1.29 is 13.9 Å². The second kappa shape index (κ2) is 8.49. The Hall–Kier alpha value is -2.85. The molecule has 10 heteroatoms. The molecule has 0 aliphatic carbocycles. The van der Waals surface area contributed by atoms with Crippen molar-refractivity contribution in [3.63, 3.8) is 0 Å². The third-order valence-corrected chi connectivity index (χ3v) is 7.64. The number of aromatic nitrogens is 4. The topological polar surface area (TPSA) is 76.4 Å². The van der Waals surface area contributed by atoms with E-state index in [0.29, 0.717) is 37.4 Å². The van der Waals surface area contributed by atoms with Crippen molar-refractivity contribution in [3.8, 4) is 10.6 Å². The van der Waals surface area contributed by atoms with E-state index in [2.05, 4.69) is 10.1 Å². The van der Waals surface area contributed by atoms with Gasteiger partial charge in [-0.3, -0.25) is 4.79 Å². The molecule has 2 saturated heterocycles. The number of anilines is 2. The zero-order valence-corrected chi connectivity index (χ0v) is 19.0. The van der Waals surface area contributed by atoms with Gasteiger partial charge < -0.3 is 14.5 Å². The van der Waals surface area contributed by atoms with Crippen LogP contribution in [0.3, 0.4) is 0 Å². The summed E-state index contributed by atoms with van der Waals surface area (Å²) in [7, 11) is 0. The number of hydrogen-bond donors (Lipinski definition) is 0. The highest BCUT2D eigenvalue weighted by atomic mass is 32.1. The van der Waals surface area contributed by atoms with Gasteiger partial charge in [-0.1, -0.05) is 0 Å². The number of fused-ring (bicyclic) bond motifs is 1. The minimum absolute atomic E-state index is 0.0419. The fourth-order valence-corrected chi connectivity index (χ4v) is 5.73. The fraction of sp³-hybridized carbons (Fsp3) is 0.478. The molecule has 3 aliphatic rings. The first kappa shape index (κ1) is 20.7. The van der Waals surface area contributed by atoms with Gasteiger partial charge >= 0.3 is 0 Å². The Morgan fingerprint density at radius 3 is 2.85 bits per heavy atom. The van der Waals surface area contributed by atoms with E-state index < -0.39 is 6.17 Å². The van der Waals surface area contributed by atoms with Crippen molar-refractivity contribution in [3.05, 3.63) is 41.3 Å². The highest BCUT2D eigenvalue weighted by Gasteiger charge is 2.31. The molecule has 6 heterocycles. The number of pyridine rings is 1. The lowest BCUT2D eigenvalue weighted by Gasteiger charge is -2.25. The van der Waals surface area contributed by atoms with Crippen molar-refractivity contribution in [2.45, 2.75) is 44.5 Å². The SMILES string of the molecule is O=C1c2sc(-c3ccc(N4CC[C@@H](F)C4)nc3)nc2CCN1c1cnn(C2CCCCO2)c1. The number of hydrogen-bond acceptors (Lipinski definition) is 7. The van der Waals surface area contributed by atoms with E-state index in [1.807, 2.05) is 27.9 Å². The summed E-state index contributed by atoms with van der Waals surface area (Å²) in [6, 6.07) is 3.86. The summed E-state index contributed by atoms with van der Waals surface area (Å²) in [5.41, 5.74) is 2.50. The van der Waals surface area contributed by atoms with E-state index in [4.69, 9.17) is 9.72 Å². The Kier molecular flexibility index (Phi) is 5.34. The van der Waals surface area contributed by atoms with Crippen molar-refractivity contribution in [1.82, 2.24) is 19.7 Å². The van der Waals surface area contributed by atoms with Gasteiger partial charge in [0.2, 0.25) is 0 Å². The molecule has 2 atom stereocenters. The minimum Gasteiger partial charge on any atom is -0.357 e. The second-order valence-corrected chi connectivity index (χ2v) is 9.74. The Morgan fingerprint density at radius 1 is 1.15 bits per heavy atom. The number of rotatable bonds is 4. The average molecular weight is 469 g/mol. The quantitative estimate of drug-likeness (QED) is 0.579. The molecule has 2 fully saturated rings. The molecule has 0 saturated carbocycles. The van der Waals surface area contributed by atoms with Gasteiger partial charge in [-0.15, -0.1) is 11.3 Å². The van der Waals surface area contributed by atoms with Gasteiger partial charge in [-0.25, -0.2) is 19.0 Å². The van der Waals surface area contributed by atoms with Crippen LogP contribution in [0.25, 0.3) is 10.6 Å². The Labute approximate surface area is 195 Å². The van der Waals surface area contributed by atoms with E-state index in [1.54, 1.807) is 17.3 Å². The number of nitrogens with zero attached hydrogens (tertiary/aromatic N) is 6. The smallest absolute Gasteiger partial charge is 0.270 e. The maximum atomic E-state index is 13.5. The molecule has 0 spiro atoms. The standard InChI is InChI=1S/C23H25FN6O2S/c24-16-6-8-28(13-16)19-5-4-15(11-25-19)22-27-18-7-9-29(23(31)21(18)33-22)17-12-26-30(14-17)20-3-1-2-10-32-20/h4-5,11-12,14,16,20H,1-3,6-10,13H2/t16-,20?/m1/s1. The first-order valence-electron chi connectivity index (χ1n) is 11.5. The predicted octanol–water partition coefficient (Wildman–Crippen LogP) is 3.85. The number of thiazole rings is 1. The molecule has 0 radical (unpaired) electrons. The van der Waals surface area contributed by atoms with Gasteiger partial charge in [0.25, 0.3) is 5.91 Å². The molecule has 0 bridgehead atoms. The fourth-order valence-electron chi connectivity index (χ4n) is 4.68. The summed E-state index contributed by atoms with van der Waals surface area (Å²) in [5.74, 6) is 0.737. The van der Waals surface area contributed by atoms with E-state index >= 15 is 0 Å². The molecule has 0 aromatic carbocycles. The number of halogens is 1. The Morgan fingerprint density at radius 2 is 2.09 bits per heavy atom. The largest absolute Gasteiger partial charge is 0.357 e. The van der Waals surface area contributed by atoms with E-state index in [0.717, 1.165) is 53.6 Å². The lowest BCUT2D eigenvalue weighted by molar-refractivity contribution is -0.0394. The number of carbonyl (C=O) groups excluding carboxylic acids is 1. The zero-order chi connectivity index (χ0) is 22.4. The lowest BCUT2D eigenvalue weighted by atomic mass is 10.1. The maximum absolute atomic E-state index is 13.5. The van der Waals surface area contributed by atoms with Gasteiger partial charge in [-0.05, 0) is 37.8 Å². The highest BCUT2D eigenvalue weighted by molar-refractivity contribution is 7.17. The van der Waals surface area contributed by atoms with Crippen molar-refractivity contribution in [2.24, 2.45) is 0 Å². The van der Waals surface area contributed by atoms with Crippen LogP contribution in [-0.4, -0.2) is 58.1 Å². The van der Waals surface area contributed by atoms with Crippen LogP contribution in [0.15, 0.2) is 30.7 Å². The Bertz CT molecular complexity index is 1160. The van der Waals surface area contributed by atoms with Crippen molar-refractivity contribution >= 4 is 28.7 Å². The summed E-state index contributed by atoms with van der Waals surface area (Å²) < 4.78 is 21.1. The van der Waals surface area contributed by atoms with Crippen LogP contribution in [0.4, 0.5) is 15.9 Å². The van der Waals surface area contributed by atoms with E-state index in [1.165, 1.54) is 11.3 Å². The normalized spacial score (nSPS) is 23.2. The monoisotopic (exact) mass is 468 g/mol. The van der Waals surface area contributed by atoms with Crippen LogP contribution in [0.5, 0.6) is 0 Å². The molecular weight excluding hydrogens is 443 g/mol. The molecular formula is C23H25FN6O2S. The van der Waals surface area contributed by atoms with Gasteiger partial charge in [0.15, 0.2) is 0 Å². The average Bonchev–Trinajstić information content (AvgIpc) is 3.60. The number of ether oxygens (including phenoxy) is 1. The van der Waals surface area contributed by atoms with Gasteiger partial charge in [0.05, 0.1) is 30.3 Å². The molecule has 3 aromatic rings. The first-order valence-corrected chi connectivity index (χ1v) is 12.3. The molecule has 1 amide bonds. The molecule has 0 N–H and O–H groups in total. The summed E-state index contributed by atoms with van der Waals surface area (Å²) in [6.07, 6.45) is 8.97. The second-order valence-electron chi connectivity index (χ2n) is 8.74. The van der Waals surface area contributed by atoms with Crippen molar-refractivity contribution in [1.29, 1.82) is 0 Å². The molecule has 172 valence electrons. The number of amides is 1. The van der Waals surface area contributed by atoms with Crippen LogP contribution < -0.4 is 9.80 Å². The van der Waals surface area contributed by atoms with Gasteiger partial charge in [-0.2, -0.15) is 5.10 Å². The lowest BCUT2D eigenvalue weighted by Crippen LogP contribution is -2.36. The van der Waals surface area contributed by atoms with E-state index in [9.17, 15) is 9.18 Å². The maximum Gasteiger partial charge on any atom is 0.270 e. The van der Waals surface area contributed by atoms with Crippen LogP contribution in [0.1, 0.15) is 47.3 Å². The third kappa shape index (κ3) is 3.91. The van der Waals surface area contributed by atoms with Crippen LogP contribution in [-0.2, 0) is 11.2 Å². The molecule has 33 heavy (non-hydrogen) atoms. The number of carbonyl (C=O) groups is 1. The summed E-state index contributed by atoms with van der Waals surface area (Å²) in [5, 5.41) is 5.24. The number of alkyl halides is 1. The summed E-state index contributed by atoms with van der Waals surface area (Å²) in [4.78, 5) is 26.9. The van der Waals surface area contributed by atoms with Gasteiger partial charge in [0, 0.05) is 37.9 Å². The third-order valence-electron chi connectivity index (χ3n) is 6.51. The molecule has 3 aliphatic heterocycles. The highest BCUT2D eigenvalue weighted by Crippen LogP contribution is 2.34. The van der Waals surface area contributed by atoms with Crippen LogP contribution in [0, 0.1) is 0 Å². The molecule has 3 aromatic heterocycles. The van der Waals surface area contributed by atoms with Gasteiger partial charge in [0.1, 0.15) is 28.1 Å². The zero-order valence-electron chi connectivity index (χ0n) is 18.2. The molecule has 6 rings (SSSR count).